The van der Waals surface area contributed by atoms with Gasteiger partial charge in [-0.05, 0) is 41.2 Å². The third kappa shape index (κ3) is 4.08. The Morgan fingerprint density at radius 1 is 1.07 bits per heavy atom. The van der Waals surface area contributed by atoms with Crippen LogP contribution in [-0.4, -0.2) is 20.7 Å². The lowest BCUT2D eigenvalue weighted by Crippen LogP contribution is -2.16. The fourth-order valence-corrected chi connectivity index (χ4v) is 3.00. The van der Waals surface area contributed by atoms with E-state index in [0.29, 0.717) is 11.4 Å². The topological polar surface area (TPSA) is 59.8 Å². The zero-order valence-corrected chi connectivity index (χ0v) is 16.5. The summed E-state index contributed by atoms with van der Waals surface area (Å²) in [7, 11) is 0. The Bertz CT molecular complexity index is 919. The van der Waals surface area contributed by atoms with Crippen molar-refractivity contribution < 1.29 is 4.79 Å². The van der Waals surface area contributed by atoms with E-state index in [4.69, 9.17) is 0 Å². The Morgan fingerprint density at radius 2 is 1.78 bits per heavy atom. The molecular weight excluding hydrogens is 336 g/mol. The van der Waals surface area contributed by atoms with Gasteiger partial charge >= 0.3 is 0 Å². The molecule has 2 aromatic heterocycles. The van der Waals surface area contributed by atoms with Crippen LogP contribution in [0.15, 0.2) is 54.9 Å². The molecule has 3 rings (SSSR count). The summed E-state index contributed by atoms with van der Waals surface area (Å²) in [5.74, 6) is 0.665. The van der Waals surface area contributed by atoms with E-state index in [2.05, 4.69) is 48.3 Å². The molecule has 0 saturated carbocycles. The first-order valence-electron chi connectivity index (χ1n) is 9.18. The first kappa shape index (κ1) is 18.8. The van der Waals surface area contributed by atoms with E-state index < -0.39 is 0 Å². The zero-order chi connectivity index (χ0) is 19.6. The average molecular weight is 362 g/mol. The van der Waals surface area contributed by atoms with Gasteiger partial charge in [0, 0.05) is 11.9 Å². The molecule has 0 fully saturated rings. The minimum Gasteiger partial charge on any atom is -0.322 e. The number of rotatable bonds is 4. The zero-order valence-electron chi connectivity index (χ0n) is 16.5. The Labute approximate surface area is 160 Å². The van der Waals surface area contributed by atoms with E-state index in [1.165, 1.54) is 5.56 Å². The van der Waals surface area contributed by atoms with Gasteiger partial charge in [0.15, 0.2) is 5.82 Å². The van der Waals surface area contributed by atoms with Crippen LogP contribution in [-0.2, 0) is 5.41 Å². The van der Waals surface area contributed by atoms with Crippen LogP contribution >= 0.6 is 0 Å². The molecule has 1 aromatic carbocycles. The molecule has 0 radical (unpaired) electrons. The van der Waals surface area contributed by atoms with Crippen molar-refractivity contribution in [3.8, 4) is 5.82 Å². The number of nitrogens with one attached hydrogen (secondary N) is 1. The molecule has 0 spiro atoms. The van der Waals surface area contributed by atoms with E-state index >= 15 is 0 Å². The van der Waals surface area contributed by atoms with Gasteiger partial charge in [-0.3, -0.25) is 4.79 Å². The highest BCUT2D eigenvalue weighted by atomic mass is 16.1. The molecule has 0 aliphatic rings. The van der Waals surface area contributed by atoms with Gasteiger partial charge in [0.2, 0.25) is 0 Å². The highest BCUT2D eigenvalue weighted by Gasteiger charge is 2.21. The van der Waals surface area contributed by atoms with E-state index in [-0.39, 0.29) is 17.2 Å². The number of amides is 1. The summed E-state index contributed by atoms with van der Waals surface area (Å²) < 4.78 is 1.74. The predicted molar refractivity (Wildman–Crippen MR) is 109 cm³/mol. The molecule has 27 heavy (non-hydrogen) atoms. The van der Waals surface area contributed by atoms with Crippen molar-refractivity contribution in [3.63, 3.8) is 0 Å². The number of hydrogen-bond acceptors (Lipinski definition) is 3. The summed E-state index contributed by atoms with van der Waals surface area (Å²) in [5.41, 5.74) is 3.49. The molecule has 0 unspecified atom stereocenters. The molecule has 3 aromatic rings. The van der Waals surface area contributed by atoms with Gasteiger partial charge in [-0.1, -0.05) is 52.8 Å². The smallest absolute Gasteiger partial charge is 0.259 e. The second-order valence-corrected chi connectivity index (χ2v) is 7.98. The van der Waals surface area contributed by atoms with Gasteiger partial charge in [0.25, 0.3) is 5.91 Å². The van der Waals surface area contributed by atoms with Crippen LogP contribution in [0, 0.1) is 0 Å². The highest BCUT2D eigenvalue weighted by Crippen LogP contribution is 2.25. The van der Waals surface area contributed by atoms with Crippen LogP contribution in [0.5, 0.6) is 0 Å². The Morgan fingerprint density at radius 3 is 2.33 bits per heavy atom. The van der Waals surface area contributed by atoms with Crippen molar-refractivity contribution in [2.75, 3.05) is 5.32 Å². The number of carbonyl (C=O) groups excluding carboxylic acids is 1. The third-order valence-electron chi connectivity index (χ3n) is 4.47. The number of aromatic nitrogens is 3. The molecule has 1 amide bonds. The Balaban J connectivity index is 1.88. The molecule has 0 aliphatic heterocycles. The number of anilines is 1. The molecule has 2 heterocycles. The van der Waals surface area contributed by atoms with Crippen molar-refractivity contribution in [2.24, 2.45) is 0 Å². The standard InChI is InChI=1S/C22H26N4O/c1-15(2)20-18(14-24-26(20)19-8-6-7-13-23-19)21(27)25-17-11-9-16(10-12-17)22(3,4)5/h6-15H,1-5H3,(H,25,27). The molecule has 1 N–H and O–H groups in total. The van der Waals surface area contributed by atoms with E-state index in [1.807, 2.05) is 44.2 Å². The number of carbonyl (C=O) groups is 1. The van der Waals surface area contributed by atoms with Crippen LogP contribution < -0.4 is 5.32 Å². The van der Waals surface area contributed by atoms with Crippen LogP contribution in [0.2, 0.25) is 0 Å². The number of hydrogen-bond donors (Lipinski definition) is 1. The van der Waals surface area contributed by atoms with Gasteiger partial charge in [0.05, 0.1) is 17.5 Å². The summed E-state index contributed by atoms with van der Waals surface area (Å²) in [6.45, 7) is 10.6. The first-order valence-corrected chi connectivity index (χ1v) is 9.18. The van der Waals surface area contributed by atoms with Crippen molar-refractivity contribution in [3.05, 3.63) is 71.7 Å². The number of pyridine rings is 1. The monoisotopic (exact) mass is 362 g/mol. The first-order chi connectivity index (χ1) is 12.8. The Hall–Kier alpha value is -2.95. The van der Waals surface area contributed by atoms with Gasteiger partial charge in [-0.25, -0.2) is 9.67 Å². The lowest BCUT2D eigenvalue weighted by molar-refractivity contribution is 0.102. The van der Waals surface area contributed by atoms with Crippen LogP contribution in [0.3, 0.4) is 0 Å². The van der Waals surface area contributed by atoms with E-state index in [9.17, 15) is 4.79 Å². The minimum atomic E-state index is -0.163. The fraction of sp³-hybridized carbons (Fsp3) is 0.318. The largest absolute Gasteiger partial charge is 0.322 e. The van der Waals surface area contributed by atoms with Gasteiger partial charge < -0.3 is 5.32 Å². The maximum absolute atomic E-state index is 12.9. The maximum Gasteiger partial charge on any atom is 0.259 e. The Kier molecular flexibility index (Phi) is 5.13. The minimum absolute atomic E-state index is 0.0805. The van der Waals surface area contributed by atoms with Crippen molar-refractivity contribution >= 4 is 11.6 Å². The molecule has 0 bridgehead atoms. The second kappa shape index (κ2) is 7.35. The van der Waals surface area contributed by atoms with Gasteiger partial charge in [-0.15, -0.1) is 0 Å². The predicted octanol–water partition coefficient (Wildman–Crippen LogP) is 4.94. The van der Waals surface area contributed by atoms with E-state index in [0.717, 1.165) is 11.4 Å². The SMILES string of the molecule is CC(C)c1c(C(=O)Nc2ccc(C(C)(C)C)cc2)cnn1-c1ccccn1. The molecule has 0 aliphatic carbocycles. The summed E-state index contributed by atoms with van der Waals surface area (Å²) in [6.07, 6.45) is 3.33. The third-order valence-corrected chi connectivity index (χ3v) is 4.47. The summed E-state index contributed by atoms with van der Waals surface area (Å²) in [6, 6.07) is 13.6. The highest BCUT2D eigenvalue weighted by molar-refractivity contribution is 6.05. The second-order valence-electron chi connectivity index (χ2n) is 7.98. The van der Waals surface area contributed by atoms with Crippen LogP contribution in [0.25, 0.3) is 5.82 Å². The van der Waals surface area contributed by atoms with Crippen LogP contribution in [0.1, 0.15) is 62.2 Å². The number of nitrogens with zero attached hydrogens (tertiary/aromatic N) is 3. The number of benzene rings is 1. The van der Waals surface area contributed by atoms with Crippen molar-refractivity contribution in [1.82, 2.24) is 14.8 Å². The molecule has 5 nitrogen and oxygen atoms in total. The lowest BCUT2D eigenvalue weighted by atomic mass is 9.87. The van der Waals surface area contributed by atoms with Crippen molar-refractivity contribution in [1.29, 1.82) is 0 Å². The van der Waals surface area contributed by atoms with Gasteiger partial charge in [0.1, 0.15) is 0 Å². The summed E-state index contributed by atoms with van der Waals surface area (Å²) in [5, 5.41) is 7.39. The normalized spacial score (nSPS) is 11.6. The summed E-state index contributed by atoms with van der Waals surface area (Å²) in [4.78, 5) is 17.2. The summed E-state index contributed by atoms with van der Waals surface area (Å²) >= 11 is 0. The van der Waals surface area contributed by atoms with Crippen LogP contribution in [0.4, 0.5) is 5.69 Å². The molecular formula is C22H26N4O. The molecule has 0 saturated heterocycles. The molecule has 5 heteroatoms. The molecule has 0 atom stereocenters. The fourth-order valence-electron chi connectivity index (χ4n) is 3.00. The lowest BCUT2D eigenvalue weighted by Gasteiger charge is -2.19. The van der Waals surface area contributed by atoms with Crippen molar-refractivity contribution in [2.45, 2.75) is 46.0 Å². The van der Waals surface area contributed by atoms with E-state index in [1.54, 1.807) is 17.1 Å². The maximum atomic E-state index is 12.9. The average Bonchev–Trinajstić information content (AvgIpc) is 3.07. The quantitative estimate of drug-likeness (QED) is 0.715. The molecule has 140 valence electrons. The van der Waals surface area contributed by atoms with Gasteiger partial charge in [-0.2, -0.15) is 5.10 Å².